The summed E-state index contributed by atoms with van der Waals surface area (Å²) < 4.78 is 12.0. The molecule has 5 nitrogen and oxygen atoms in total. The summed E-state index contributed by atoms with van der Waals surface area (Å²) in [6.07, 6.45) is 3.04. The van der Waals surface area contributed by atoms with Gasteiger partial charge in [-0.05, 0) is 46.6 Å². The number of aliphatic hydroxyl groups is 1. The average Bonchev–Trinajstić information content (AvgIpc) is 3.00. The molecule has 108 valence electrons. The highest BCUT2D eigenvalue weighted by molar-refractivity contribution is 6.62. The van der Waals surface area contributed by atoms with E-state index in [1.165, 1.54) is 0 Å². The Bertz CT molecular complexity index is 539. The van der Waals surface area contributed by atoms with E-state index < -0.39 is 23.9 Å². The number of nitrogen functional groups attached to an aromatic ring is 1. The van der Waals surface area contributed by atoms with E-state index in [-0.39, 0.29) is 0 Å². The van der Waals surface area contributed by atoms with Crippen molar-refractivity contribution in [1.29, 1.82) is 0 Å². The Balaban J connectivity index is 2.03. The Kier molecular flexibility index (Phi) is 2.75. The fourth-order valence-electron chi connectivity index (χ4n) is 2.50. The number of anilines is 1. The Hall–Kier alpha value is -1.11. The summed E-state index contributed by atoms with van der Waals surface area (Å²) in [6.45, 7) is 7.96. The first-order valence-electron chi connectivity index (χ1n) is 6.99. The summed E-state index contributed by atoms with van der Waals surface area (Å²) in [4.78, 5) is 4.37. The van der Waals surface area contributed by atoms with Crippen molar-refractivity contribution in [2.24, 2.45) is 0 Å². The quantitative estimate of drug-likeness (QED) is 0.786. The zero-order chi connectivity index (χ0) is 14.8. The molecule has 3 rings (SSSR count). The molecule has 0 unspecified atom stereocenters. The number of rotatable bonds is 2. The standard InChI is InChI=1S/C14H21BN2O3/c1-12(2)13(3,4)20-15(19-12)11-10(14(18)6-7-14)9(16)5-8-17-11/h5,8,18H,6-7H2,1-4H3,(H2,16,17). The molecule has 1 saturated carbocycles. The molecule has 0 aromatic carbocycles. The van der Waals surface area contributed by atoms with Crippen LogP contribution in [0.4, 0.5) is 5.69 Å². The molecule has 0 radical (unpaired) electrons. The van der Waals surface area contributed by atoms with Crippen LogP contribution in [0.1, 0.15) is 46.1 Å². The number of pyridine rings is 1. The summed E-state index contributed by atoms with van der Waals surface area (Å²) in [5.74, 6) is 0. The lowest BCUT2D eigenvalue weighted by molar-refractivity contribution is 0.00578. The second kappa shape index (κ2) is 3.96. The molecule has 1 aliphatic heterocycles. The maximum absolute atomic E-state index is 10.5. The predicted molar refractivity (Wildman–Crippen MR) is 77.5 cm³/mol. The van der Waals surface area contributed by atoms with Crippen LogP contribution >= 0.6 is 0 Å². The van der Waals surface area contributed by atoms with Gasteiger partial charge in [0.2, 0.25) is 0 Å². The van der Waals surface area contributed by atoms with Crippen LogP contribution in [-0.2, 0) is 14.9 Å². The zero-order valence-electron chi connectivity index (χ0n) is 12.4. The van der Waals surface area contributed by atoms with E-state index in [9.17, 15) is 5.11 Å². The van der Waals surface area contributed by atoms with Crippen LogP contribution in [0.15, 0.2) is 12.3 Å². The molecule has 0 atom stereocenters. The van der Waals surface area contributed by atoms with E-state index in [1.54, 1.807) is 12.3 Å². The van der Waals surface area contributed by atoms with Gasteiger partial charge in [-0.15, -0.1) is 0 Å². The molecule has 2 aliphatic rings. The topological polar surface area (TPSA) is 77.6 Å². The molecule has 1 saturated heterocycles. The van der Waals surface area contributed by atoms with Gasteiger partial charge >= 0.3 is 7.12 Å². The van der Waals surface area contributed by atoms with Gasteiger partial charge in [-0.1, -0.05) is 0 Å². The normalized spacial score (nSPS) is 25.8. The molecule has 6 heteroatoms. The minimum Gasteiger partial charge on any atom is -0.398 e. The summed E-state index contributed by atoms with van der Waals surface area (Å²) in [5, 5.41) is 10.5. The lowest BCUT2D eigenvalue weighted by Crippen LogP contribution is -2.41. The van der Waals surface area contributed by atoms with Crippen molar-refractivity contribution >= 4 is 18.4 Å². The molecule has 20 heavy (non-hydrogen) atoms. The third-order valence-electron chi connectivity index (χ3n) is 4.68. The predicted octanol–water partition coefficient (Wildman–Crippen LogP) is 0.944. The first-order chi connectivity index (χ1) is 9.16. The van der Waals surface area contributed by atoms with Crippen molar-refractivity contribution in [3.05, 3.63) is 17.8 Å². The maximum atomic E-state index is 10.5. The molecule has 0 spiro atoms. The Labute approximate surface area is 119 Å². The molecule has 0 bridgehead atoms. The smallest absolute Gasteiger partial charge is 0.398 e. The van der Waals surface area contributed by atoms with E-state index in [0.717, 1.165) is 0 Å². The summed E-state index contributed by atoms with van der Waals surface area (Å²) in [7, 11) is -0.594. The van der Waals surface area contributed by atoms with Crippen LogP contribution in [0, 0.1) is 0 Å². The fraction of sp³-hybridized carbons (Fsp3) is 0.643. The van der Waals surface area contributed by atoms with Gasteiger partial charge in [0.15, 0.2) is 0 Å². The van der Waals surface area contributed by atoms with Gasteiger partial charge in [-0.3, -0.25) is 4.98 Å². The van der Waals surface area contributed by atoms with E-state index >= 15 is 0 Å². The van der Waals surface area contributed by atoms with Crippen LogP contribution in [-0.4, -0.2) is 28.4 Å². The SMILES string of the molecule is CC1(C)OB(c2nccc(N)c2C2(O)CC2)OC1(C)C. The fourth-order valence-corrected chi connectivity index (χ4v) is 2.50. The molecule has 1 aliphatic carbocycles. The average molecular weight is 276 g/mol. The van der Waals surface area contributed by atoms with Crippen molar-refractivity contribution in [1.82, 2.24) is 4.98 Å². The minimum absolute atomic E-state index is 0.437. The van der Waals surface area contributed by atoms with Gasteiger partial charge in [0, 0.05) is 17.4 Å². The van der Waals surface area contributed by atoms with Crippen LogP contribution in [0.5, 0.6) is 0 Å². The lowest BCUT2D eigenvalue weighted by atomic mass is 9.78. The van der Waals surface area contributed by atoms with Crippen molar-refractivity contribution in [3.8, 4) is 0 Å². The Morgan fingerprint density at radius 1 is 1.20 bits per heavy atom. The van der Waals surface area contributed by atoms with Crippen molar-refractivity contribution in [2.75, 3.05) is 5.73 Å². The van der Waals surface area contributed by atoms with Crippen LogP contribution < -0.4 is 11.3 Å². The van der Waals surface area contributed by atoms with E-state index in [2.05, 4.69) is 4.98 Å². The summed E-state index contributed by atoms with van der Waals surface area (Å²) in [5.41, 5.74) is 6.11. The van der Waals surface area contributed by atoms with Crippen LogP contribution in [0.3, 0.4) is 0 Å². The Morgan fingerprint density at radius 2 is 1.75 bits per heavy atom. The number of hydrogen-bond donors (Lipinski definition) is 2. The number of nitrogens with zero attached hydrogens (tertiary/aromatic N) is 1. The highest BCUT2D eigenvalue weighted by Gasteiger charge is 2.55. The highest BCUT2D eigenvalue weighted by atomic mass is 16.7. The van der Waals surface area contributed by atoms with E-state index in [4.69, 9.17) is 15.0 Å². The highest BCUT2D eigenvalue weighted by Crippen LogP contribution is 2.47. The largest absolute Gasteiger partial charge is 0.515 e. The summed E-state index contributed by atoms with van der Waals surface area (Å²) in [6, 6.07) is 1.71. The molecular weight excluding hydrogens is 255 g/mol. The second-order valence-electron chi connectivity index (χ2n) is 6.78. The molecule has 2 heterocycles. The van der Waals surface area contributed by atoms with Crippen molar-refractivity contribution in [3.63, 3.8) is 0 Å². The molecule has 2 fully saturated rings. The van der Waals surface area contributed by atoms with Gasteiger partial charge in [0.25, 0.3) is 0 Å². The molecule has 1 aromatic rings. The second-order valence-corrected chi connectivity index (χ2v) is 6.78. The first kappa shape index (κ1) is 13.9. The van der Waals surface area contributed by atoms with E-state index in [0.29, 0.717) is 29.7 Å². The third-order valence-corrected chi connectivity index (χ3v) is 4.68. The molecule has 0 amide bonds. The van der Waals surface area contributed by atoms with E-state index in [1.807, 2.05) is 27.7 Å². The maximum Gasteiger partial charge on any atom is 0.515 e. The third kappa shape index (κ3) is 1.94. The summed E-state index contributed by atoms with van der Waals surface area (Å²) >= 11 is 0. The van der Waals surface area contributed by atoms with Gasteiger partial charge in [0.1, 0.15) is 0 Å². The van der Waals surface area contributed by atoms with Gasteiger partial charge in [-0.2, -0.15) is 0 Å². The molecule has 3 N–H and O–H groups in total. The van der Waals surface area contributed by atoms with Crippen molar-refractivity contribution in [2.45, 2.75) is 57.3 Å². The lowest BCUT2D eigenvalue weighted by Gasteiger charge is -2.32. The first-order valence-corrected chi connectivity index (χ1v) is 6.99. The van der Waals surface area contributed by atoms with Crippen molar-refractivity contribution < 1.29 is 14.4 Å². The number of nitrogens with two attached hydrogens (primary N) is 1. The zero-order valence-corrected chi connectivity index (χ0v) is 12.4. The number of hydrogen-bond acceptors (Lipinski definition) is 5. The monoisotopic (exact) mass is 276 g/mol. The van der Waals surface area contributed by atoms with Crippen LogP contribution in [0.25, 0.3) is 0 Å². The van der Waals surface area contributed by atoms with Gasteiger partial charge in [-0.25, -0.2) is 0 Å². The van der Waals surface area contributed by atoms with Gasteiger partial charge < -0.3 is 20.1 Å². The number of aromatic nitrogens is 1. The minimum atomic E-state index is -0.864. The Morgan fingerprint density at radius 3 is 2.25 bits per heavy atom. The molecule has 1 aromatic heterocycles. The molecular formula is C14H21BN2O3. The van der Waals surface area contributed by atoms with Crippen LogP contribution in [0.2, 0.25) is 0 Å². The van der Waals surface area contributed by atoms with Gasteiger partial charge in [0.05, 0.1) is 22.4 Å².